The van der Waals surface area contributed by atoms with Gasteiger partial charge >= 0.3 is 0 Å². The standard InChI is InChI=1S/C16H13Cl2N3/c17-14-6-1-11(9-15(14)18)10-21-8-7-20-16(21)12-2-4-13(19)5-3-12/h1-9H,10,19H2. The van der Waals surface area contributed by atoms with Crippen LogP contribution in [0.1, 0.15) is 5.56 Å². The topological polar surface area (TPSA) is 43.8 Å². The first-order chi connectivity index (χ1) is 10.1. The molecule has 0 aliphatic heterocycles. The Bertz CT molecular complexity index is 763. The molecule has 3 nitrogen and oxygen atoms in total. The smallest absolute Gasteiger partial charge is 0.140 e. The lowest BCUT2D eigenvalue weighted by Crippen LogP contribution is -2.01. The molecule has 2 N–H and O–H groups in total. The molecule has 0 saturated heterocycles. The summed E-state index contributed by atoms with van der Waals surface area (Å²) < 4.78 is 2.06. The van der Waals surface area contributed by atoms with Crippen molar-refractivity contribution in [2.45, 2.75) is 6.54 Å². The van der Waals surface area contributed by atoms with Crippen molar-refractivity contribution in [1.82, 2.24) is 9.55 Å². The Labute approximate surface area is 132 Å². The van der Waals surface area contributed by atoms with Gasteiger partial charge in [0.2, 0.25) is 0 Å². The van der Waals surface area contributed by atoms with Crippen LogP contribution in [0.2, 0.25) is 10.0 Å². The van der Waals surface area contributed by atoms with E-state index in [1.807, 2.05) is 42.6 Å². The molecule has 0 aliphatic carbocycles. The molecule has 5 heteroatoms. The summed E-state index contributed by atoms with van der Waals surface area (Å²) in [5.41, 5.74) is 8.55. The van der Waals surface area contributed by atoms with Crippen LogP contribution >= 0.6 is 23.2 Å². The monoisotopic (exact) mass is 317 g/mol. The van der Waals surface area contributed by atoms with E-state index in [2.05, 4.69) is 9.55 Å². The van der Waals surface area contributed by atoms with E-state index in [0.29, 0.717) is 16.6 Å². The summed E-state index contributed by atoms with van der Waals surface area (Å²) in [5.74, 6) is 0.890. The van der Waals surface area contributed by atoms with Crippen LogP contribution in [0.15, 0.2) is 54.9 Å². The molecule has 0 fully saturated rings. The first-order valence-corrected chi connectivity index (χ1v) is 7.20. The van der Waals surface area contributed by atoms with Gasteiger partial charge in [-0.05, 0) is 42.0 Å². The summed E-state index contributed by atoms with van der Waals surface area (Å²) in [6.45, 7) is 0.677. The molecular weight excluding hydrogens is 305 g/mol. The molecule has 0 spiro atoms. The van der Waals surface area contributed by atoms with Gasteiger partial charge in [-0.3, -0.25) is 0 Å². The summed E-state index contributed by atoms with van der Waals surface area (Å²) in [6, 6.07) is 13.3. The maximum Gasteiger partial charge on any atom is 0.140 e. The van der Waals surface area contributed by atoms with Crippen molar-refractivity contribution in [2.24, 2.45) is 0 Å². The van der Waals surface area contributed by atoms with Crippen molar-refractivity contribution in [2.75, 3.05) is 5.73 Å². The zero-order valence-corrected chi connectivity index (χ0v) is 12.6. The molecule has 2 aromatic carbocycles. The SMILES string of the molecule is Nc1ccc(-c2nccn2Cc2ccc(Cl)c(Cl)c2)cc1. The number of aromatic nitrogens is 2. The van der Waals surface area contributed by atoms with Crippen LogP contribution in [0.4, 0.5) is 5.69 Å². The Kier molecular flexibility index (Phi) is 3.86. The lowest BCUT2D eigenvalue weighted by Gasteiger charge is -2.09. The summed E-state index contributed by atoms with van der Waals surface area (Å²) >= 11 is 12.0. The van der Waals surface area contributed by atoms with Crippen LogP contribution in [-0.4, -0.2) is 9.55 Å². The third-order valence-corrected chi connectivity index (χ3v) is 3.96. The normalized spacial score (nSPS) is 10.8. The van der Waals surface area contributed by atoms with Crippen molar-refractivity contribution in [3.63, 3.8) is 0 Å². The highest BCUT2D eigenvalue weighted by Crippen LogP contribution is 2.24. The van der Waals surface area contributed by atoms with Gasteiger partial charge in [0.25, 0.3) is 0 Å². The van der Waals surface area contributed by atoms with Gasteiger partial charge in [0.05, 0.1) is 10.0 Å². The summed E-state index contributed by atoms with van der Waals surface area (Å²) in [6.07, 6.45) is 3.72. The molecule has 0 aliphatic rings. The Balaban J connectivity index is 1.92. The van der Waals surface area contributed by atoms with E-state index < -0.39 is 0 Å². The Morgan fingerprint density at radius 3 is 2.48 bits per heavy atom. The minimum Gasteiger partial charge on any atom is -0.399 e. The highest BCUT2D eigenvalue weighted by molar-refractivity contribution is 6.42. The van der Waals surface area contributed by atoms with Crippen molar-refractivity contribution < 1.29 is 0 Å². The van der Waals surface area contributed by atoms with E-state index in [0.717, 1.165) is 22.6 Å². The number of nitrogen functional groups attached to an aromatic ring is 1. The maximum atomic E-state index is 6.06. The molecule has 0 radical (unpaired) electrons. The number of benzene rings is 2. The molecule has 1 heterocycles. The van der Waals surface area contributed by atoms with Crippen LogP contribution in [0.3, 0.4) is 0 Å². The minimum absolute atomic E-state index is 0.559. The first-order valence-electron chi connectivity index (χ1n) is 6.44. The van der Waals surface area contributed by atoms with E-state index in [9.17, 15) is 0 Å². The second-order valence-electron chi connectivity index (χ2n) is 4.75. The Morgan fingerprint density at radius 2 is 1.76 bits per heavy atom. The number of anilines is 1. The van der Waals surface area contributed by atoms with Gasteiger partial charge in [0.1, 0.15) is 5.82 Å². The molecular formula is C16H13Cl2N3. The molecule has 106 valence electrons. The molecule has 3 aromatic rings. The third-order valence-electron chi connectivity index (χ3n) is 3.22. The fourth-order valence-corrected chi connectivity index (χ4v) is 2.48. The van der Waals surface area contributed by atoms with E-state index in [1.54, 1.807) is 12.3 Å². The third kappa shape index (κ3) is 3.04. The highest BCUT2D eigenvalue weighted by Gasteiger charge is 2.07. The second kappa shape index (κ2) is 5.80. The van der Waals surface area contributed by atoms with Gasteiger partial charge in [-0.15, -0.1) is 0 Å². The van der Waals surface area contributed by atoms with Gasteiger partial charge < -0.3 is 10.3 Å². The van der Waals surface area contributed by atoms with Crippen molar-refractivity contribution in [3.05, 3.63) is 70.5 Å². The molecule has 0 bridgehead atoms. The van der Waals surface area contributed by atoms with Crippen molar-refractivity contribution in [3.8, 4) is 11.4 Å². The zero-order valence-electron chi connectivity index (χ0n) is 11.1. The molecule has 0 saturated carbocycles. The molecule has 0 atom stereocenters. The Hall–Kier alpha value is -1.97. The predicted molar refractivity (Wildman–Crippen MR) is 87.6 cm³/mol. The van der Waals surface area contributed by atoms with Gasteiger partial charge in [-0.2, -0.15) is 0 Å². The quantitative estimate of drug-likeness (QED) is 0.723. The number of hydrogen-bond acceptors (Lipinski definition) is 2. The molecule has 1 aromatic heterocycles. The van der Waals surface area contributed by atoms with Gasteiger partial charge in [0, 0.05) is 30.2 Å². The van der Waals surface area contributed by atoms with Crippen LogP contribution in [0.5, 0.6) is 0 Å². The fraction of sp³-hybridized carbons (Fsp3) is 0.0625. The largest absolute Gasteiger partial charge is 0.399 e. The summed E-state index contributed by atoms with van der Waals surface area (Å²) in [4.78, 5) is 4.42. The molecule has 21 heavy (non-hydrogen) atoms. The van der Waals surface area contributed by atoms with Crippen LogP contribution in [-0.2, 0) is 6.54 Å². The maximum absolute atomic E-state index is 6.06. The molecule has 0 amide bonds. The number of rotatable bonds is 3. The number of nitrogens with zero attached hydrogens (tertiary/aromatic N) is 2. The second-order valence-corrected chi connectivity index (χ2v) is 5.56. The number of nitrogens with two attached hydrogens (primary N) is 1. The van der Waals surface area contributed by atoms with Crippen LogP contribution in [0, 0.1) is 0 Å². The molecule has 3 rings (SSSR count). The number of halogens is 2. The van der Waals surface area contributed by atoms with Crippen LogP contribution < -0.4 is 5.73 Å². The number of hydrogen-bond donors (Lipinski definition) is 1. The minimum atomic E-state index is 0.559. The summed E-state index contributed by atoms with van der Waals surface area (Å²) in [7, 11) is 0. The average molecular weight is 318 g/mol. The number of imidazole rings is 1. The van der Waals surface area contributed by atoms with Gasteiger partial charge in [-0.1, -0.05) is 29.3 Å². The van der Waals surface area contributed by atoms with E-state index in [-0.39, 0.29) is 0 Å². The lowest BCUT2D eigenvalue weighted by atomic mass is 10.2. The zero-order chi connectivity index (χ0) is 14.8. The van der Waals surface area contributed by atoms with E-state index >= 15 is 0 Å². The van der Waals surface area contributed by atoms with Gasteiger partial charge in [-0.25, -0.2) is 4.98 Å². The summed E-state index contributed by atoms with van der Waals surface area (Å²) in [5, 5.41) is 1.12. The average Bonchev–Trinajstić information content (AvgIpc) is 2.92. The predicted octanol–water partition coefficient (Wildman–Crippen LogP) is 4.49. The van der Waals surface area contributed by atoms with Gasteiger partial charge in [0.15, 0.2) is 0 Å². The molecule has 0 unspecified atom stereocenters. The van der Waals surface area contributed by atoms with E-state index in [4.69, 9.17) is 28.9 Å². The van der Waals surface area contributed by atoms with Crippen LogP contribution in [0.25, 0.3) is 11.4 Å². The van der Waals surface area contributed by atoms with Crippen molar-refractivity contribution in [1.29, 1.82) is 0 Å². The van der Waals surface area contributed by atoms with Crippen molar-refractivity contribution >= 4 is 28.9 Å². The fourth-order valence-electron chi connectivity index (χ4n) is 2.16. The first kappa shape index (κ1) is 14.0. The Morgan fingerprint density at radius 1 is 1.00 bits per heavy atom. The lowest BCUT2D eigenvalue weighted by molar-refractivity contribution is 0.807. The van der Waals surface area contributed by atoms with E-state index in [1.165, 1.54) is 0 Å². The highest BCUT2D eigenvalue weighted by atomic mass is 35.5.